The number of ketones is 1. The molecule has 0 fully saturated rings. The maximum Gasteiger partial charge on any atom is 0.405 e. The van der Waals surface area contributed by atoms with Crippen molar-refractivity contribution in [1.82, 2.24) is 5.32 Å². The molecule has 0 amide bonds. The molecule has 13 heteroatoms. The molecule has 0 aromatic heterocycles. The summed E-state index contributed by atoms with van der Waals surface area (Å²) in [6, 6.07) is 6.15. The number of benzene rings is 2. The van der Waals surface area contributed by atoms with Gasteiger partial charge in [-0.2, -0.15) is 26.3 Å². The van der Waals surface area contributed by atoms with Gasteiger partial charge in [-0.3, -0.25) is 4.79 Å². The first kappa shape index (κ1) is 30.7. The Hall–Kier alpha value is -1.52. The monoisotopic (exact) mass is 609 g/mol. The van der Waals surface area contributed by atoms with Gasteiger partial charge in [0.15, 0.2) is 5.78 Å². The molecule has 0 aliphatic heterocycles. The fourth-order valence-corrected chi connectivity index (χ4v) is 4.14. The van der Waals surface area contributed by atoms with Gasteiger partial charge in [-0.25, -0.2) is 0 Å². The van der Waals surface area contributed by atoms with Gasteiger partial charge in [0, 0.05) is 17.9 Å². The van der Waals surface area contributed by atoms with Gasteiger partial charge in [-0.1, -0.05) is 83.8 Å². The lowest BCUT2D eigenvalue weighted by molar-refractivity contribution is -0.139. The maximum absolute atomic E-state index is 13.7. The Morgan fingerprint density at radius 2 is 1.58 bits per heavy atom. The summed E-state index contributed by atoms with van der Waals surface area (Å²) < 4.78 is 78.1. The number of Topliss-reactive ketones (excluding diaryl/α,β-unsaturated/α-hetero) is 1. The molecule has 0 bridgehead atoms. The van der Waals surface area contributed by atoms with Crippen LogP contribution in [0.2, 0.25) is 20.1 Å². The van der Waals surface area contributed by atoms with Crippen molar-refractivity contribution in [2.45, 2.75) is 31.6 Å². The summed E-state index contributed by atoms with van der Waals surface area (Å²) in [5.74, 6) is -3.25. The average Bonchev–Trinajstić information content (AvgIpc) is 2.74. The van der Waals surface area contributed by atoms with Crippen LogP contribution < -0.4 is 5.32 Å². The zero-order valence-electron chi connectivity index (χ0n) is 18.2. The van der Waals surface area contributed by atoms with E-state index in [1.54, 1.807) is 0 Å². The van der Waals surface area contributed by atoms with E-state index in [9.17, 15) is 31.1 Å². The van der Waals surface area contributed by atoms with Crippen molar-refractivity contribution in [3.05, 3.63) is 73.2 Å². The topological polar surface area (TPSA) is 29.1 Å². The van der Waals surface area contributed by atoms with Gasteiger partial charge in [-0.05, 0) is 35.4 Å². The summed E-state index contributed by atoms with van der Waals surface area (Å²) in [5, 5.41) is 1.70. The van der Waals surface area contributed by atoms with Crippen molar-refractivity contribution in [3.8, 4) is 0 Å². The number of nitrogens with one attached hydrogen (secondary N) is 1. The van der Waals surface area contributed by atoms with E-state index in [1.807, 2.05) is 0 Å². The molecule has 0 heterocycles. The highest BCUT2D eigenvalue weighted by atomic mass is 35.5. The molecule has 0 saturated carbocycles. The number of alkyl halides is 6. The van der Waals surface area contributed by atoms with Crippen LogP contribution in [0.1, 0.15) is 40.7 Å². The summed E-state index contributed by atoms with van der Waals surface area (Å²) in [6.45, 7) is 0.167. The van der Waals surface area contributed by atoms with Crippen LogP contribution in [0.15, 0.2) is 36.4 Å². The summed E-state index contributed by atoms with van der Waals surface area (Å²) >= 11 is 28.6. The van der Waals surface area contributed by atoms with Crippen molar-refractivity contribution >= 4 is 75.5 Å². The Bertz CT molecular complexity index is 1140. The lowest BCUT2D eigenvalue weighted by atomic mass is 9.96. The number of rotatable bonds is 8. The van der Waals surface area contributed by atoms with E-state index < -0.39 is 36.5 Å². The molecule has 1 unspecified atom stereocenters. The van der Waals surface area contributed by atoms with E-state index in [4.69, 9.17) is 58.6 Å². The van der Waals surface area contributed by atoms with E-state index in [-0.39, 0.29) is 48.2 Å². The minimum Gasteiger partial charge on any atom is -0.371 e. The fraction of sp³-hybridized carbons (Fsp3) is 0.304. The molecule has 0 aliphatic rings. The number of halogens is 10. The minimum atomic E-state index is -4.68. The average molecular weight is 611 g/mol. The smallest absolute Gasteiger partial charge is 0.371 e. The standard InChI is InChI=1S/C23H17Cl4F6NOS/c1-11(21(36)34-10-22(28,29)30)6-19(35)14-4-2-12(7-16(14)24)3-5-15(23(31,32)33)13-8-17(25)20(27)18(26)9-13/h2-5,7-9,11,15H,6,10H2,1H3,(H,34,36)/b5-3+/t11-,15?/m0/s1. The van der Waals surface area contributed by atoms with Crippen molar-refractivity contribution in [2.75, 3.05) is 6.54 Å². The van der Waals surface area contributed by atoms with Crippen LogP contribution >= 0.6 is 58.6 Å². The van der Waals surface area contributed by atoms with E-state index in [0.29, 0.717) is 0 Å². The van der Waals surface area contributed by atoms with Gasteiger partial charge < -0.3 is 5.32 Å². The predicted octanol–water partition coefficient (Wildman–Crippen LogP) is 9.35. The quantitative estimate of drug-likeness (QED) is 0.140. The number of hydrogen-bond donors (Lipinski definition) is 1. The lowest BCUT2D eigenvalue weighted by Crippen LogP contribution is -2.36. The number of carbonyl (C=O) groups is 1. The van der Waals surface area contributed by atoms with Gasteiger partial charge in [0.05, 0.1) is 31.0 Å². The Morgan fingerprint density at radius 1 is 1.00 bits per heavy atom. The highest BCUT2D eigenvalue weighted by Crippen LogP contribution is 2.41. The molecule has 2 rings (SSSR count). The first-order valence-electron chi connectivity index (χ1n) is 10.1. The third-order valence-corrected chi connectivity index (χ3v) is 6.95. The molecule has 0 aliphatic carbocycles. The predicted molar refractivity (Wildman–Crippen MR) is 136 cm³/mol. The molecule has 2 aromatic rings. The van der Waals surface area contributed by atoms with Crippen LogP contribution in [0.3, 0.4) is 0 Å². The van der Waals surface area contributed by atoms with Crippen molar-refractivity contribution in [1.29, 1.82) is 0 Å². The molecule has 196 valence electrons. The molecule has 0 radical (unpaired) electrons. The Labute approximate surface area is 228 Å². The normalized spacial score (nSPS) is 14.1. The van der Waals surface area contributed by atoms with Gasteiger partial charge in [0.2, 0.25) is 0 Å². The molecule has 2 atom stereocenters. The zero-order chi connectivity index (χ0) is 27.4. The summed E-state index contributed by atoms with van der Waals surface area (Å²) in [6.07, 6.45) is -7.29. The van der Waals surface area contributed by atoms with Crippen molar-refractivity contribution < 1.29 is 31.1 Å². The van der Waals surface area contributed by atoms with Crippen LogP contribution in [0.25, 0.3) is 6.08 Å². The third-order valence-electron chi connectivity index (χ3n) is 4.89. The number of hydrogen-bond acceptors (Lipinski definition) is 2. The van der Waals surface area contributed by atoms with Gasteiger partial charge in [0.1, 0.15) is 6.54 Å². The van der Waals surface area contributed by atoms with E-state index in [2.05, 4.69) is 5.32 Å². The first-order chi connectivity index (χ1) is 16.5. The molecule has 36 heavy (non-hydrogen) atoms. The number of allylic oxidation sites excluding steroid dienone is 1. The van der Waals surface area contributed by atoms with Gasteiger partial charge in [-0.15, -0.1) is 0 Å². The van der Waals surface area contributed by atoms with Gasteiger partial charge >= 0.3 is 12.4 Å². The van der Waals surface area contributed by atoms with E-state index in [0.717, 1.165) is 18.2 Å². The molecule has 0 saturated heterocycles. The summed E-state index contributed by atoms with van der Waals surface area (Å²) in [7, 11) is 0. The van der Waals surface area contributed by atoms with Crippen LogP contribution in [0.5, 0.6) is 0 Å². The second-order valence-corrected chi connectivity index (χ2v) is 9.82. The van der Waals surface area contributed by atoms with Gasteiger partial charge in [0.25, 0.3) is 0 Å². The van der Waals surface area contributed by atoms with Crippen LogP contribution in [-0.4, -0.2) is 29.7 Å². The Kier molecular flexibility index (Phi) is 10.5. The largest absolute Gasteiger partial charge is 0.405 e. The van der Waals surface area contributed by atoms with E-state index >= 15 is 0 Å². The van der Waals surface area contributed by atoms with Crippen LogP contribution in [-0.2, 0) is 0 Å². The lowest BCUT2D eigenvalue weighted by Gasteiger charge is -2.18. The van der Waals surface area contributed by atoms with Crippen molar-refractivity contribution in [3.63, 3.8) is 0 Å². The molecular formula is C23H17Cl4F6NOS. The minimum absolute atomic E-state index is 0.0374. The second kappa shape index (κ2) is 12.3. The molecule has 0 spiro atoms. The summed E-state index contributed by atoms with van der Waals surface area (Å²) in [4.78, 5) is 12.4. The SMILES string of the molecule is C[C@@H](CC(=O)c1ccc(/C=C/C(c2cc(Cl)c(Cl)c(Cl)c2)C(F)(F)F)cc1Cl)C(=S)NCC(F)(F)F. The first-order valence-corrected chi connectivity index (χ1v) is 12.0. The zero-order valence-corrected chi connectivity index (χ0v) is 22.0. The fourth-order valence-electron chi connectivity index (χ4n) is 3.07. The highest BCUT2D eigenvalue weighted by Gasteiger charge is 2.39. The summed E-state index contributed by atoms with van der Waals surface area (Å²) in [5.41, 5.74) is 0.107. The highest BCUT2D eigenvalue weighted by molar-refractivity contribution is 7.80. The second-order valence-electron chi connectivity index (χ2n) is 7.78. The van der Waals surface area contributed by atoms with E-state index in [1.165, 1.54) is 31.2 Å². The third kappa shape index (κ3) is 8.80. The Balaban J connectivity index is 2.19. The van der Waals surface area contributed by atoms with Crippen LogP contribution in [0, 0.1) is 5.92 Å². The Morgan fingerprint density at radius 3 is 2.08 bits per heavy atom. The molecular weight excluding hydrogens is 594 g/mol. The van der Waals surface area contributed by atoms with Crippen molar-refractivity contribution in [2.24, 2.45) is 5.92 Å². The number of thiocarbonyl (C=S) groups is 1. The number of carbonyl (C=O) groups excluding carboxylic acids is 1. The molecule has 2 aromatic carbocycles. The molecule has 2 nitrogen and oxygen atoms in total. The maximum atomic E-state index is 13.7. The molecule has 1 N–H and O–H groups in total. The van der Waals surface area contributed by atoms with Crippen LogP contribution in [0.4, 0.5) is 26.3 Å².